The number of aryl methyl sites for hydroxylation is 1. The number of carbonyl (C=O) groups is 1. The van der Waals surface area contributed by atoms with E-state index in [4.69, 9.17) is 0 Å². The van der Waals surface area contributed by atoms with Crippen molar-refractivity contribution in [3.05, 3.63) is 65.7 Å². The summed E-state index contributed by atoms with van der Waals surface area (Å²) in [7, 11) is 0. The average Bonchev–Trinajstić information content (AvgIpc) is 3.39. The van der Waals surface area contributed by atoms with Gasteiger partial charge < -0.3 is 5.32 Å². The average molecular weight is 308 g/mol. The van der Waals surface area contributed by atoms with Crippen LogP contribution in [-0.4, -0.2) is 11.9 Å². The summed E-state index contributed by atoms with van der Waals surface area (Å²) in [5.41, 5.74) is 3.38. The lowest BCUT2D eigenvalue weighted by atomic mass is 10.00. The Bertz CT molecular complexity index is 647. The van der Waals surface area contributed by atoms with Gasteiger partial charge in [0.15, 0.2) is 0 Å². The molecule has 1 aliphatic carbocycles. The second-order valence-corrected chi connectivity index (χ2v) is 6.47. The first kappa shape index (κ1) is 15.8. The van der Waals surface area contributed by atoms with Gasteiger partial charge in [-0.25, -0.2) is 0 Å². The minimum absolute atomic E-state index is 0.00830. The van der Waals surface area contributed by atoms with E-state index >= 15 is 0 Å². The van der Waals surface area contributed by atoms with Gasteiger partial charge in [-0.1, -0.05) is 48.0 Å². The van der Waals surface area contributed by atoms with Crippen LogP contribution in [0.1, 0.15) is 36.9 Å². The zero-order valence-corrected chi connectivity index (χ0v) is 13.8. The number of carbonyl (C=O) groups excluding carboxylic acids is 1. The molecule has 0 aliphatic heterocycles. The summed E-state index contributed by atoms with van der Waals surface area (Å²) in [4.78, 5) is 12.4. The highest BCUT2D eigenvalue weighted by molar-refractivity contribution is 5.94. The van der Waals surface area contributed by atoms with E-state index in [1.165, 1.54) is 24.0 Å². The molecule has 1 aliphatic rings. The maximum absolute atomic E-state index is 12.4. The number of anilines is 1. The summed E-state index contributed by atoms with van der Waals surface area (Å²) in [5, 5.41) is 6.49. The molecule has 0 heterocycles. The van der Waals surface area contributed by atoms with Gasteiger partial charge in [0.1, 0.15) is 0 Å². The Morgan fingerprint density at radius 2 is 1.70 bits per heavy atom. The highest BCUT2D eigenvalue weighted by Crippen LogP contribution is 2.41. The fourth-order valence-electron chi connectivity index (χ4n) is 2.82. The van der Waals surface area contributed by atoms with E-state index < -0.39 is 0 Å². The Balaban J connectivity index is 1.65. The van der Waals surface area contributed by atoms with E-state index in [0.29, 0.717) is 5.92 Å². The number of para-hydroxylation sites is 1. The van der Waals surface area contributed by atoms with Crippen molar-refractivity contribution in [1.82, 2.24) is 5.32 Å². The van der Waals surface area contributed by atoms with Gasteiger partial charge in [-0.15, -0.1) is 0 Å². The molecule has 0 unspecified atom stereocenters. The largest absolute Gasteiger partial charge is 0.325 e. The van der Waals surface area contributed by atoms with E-state index in [0.717, 1.165) is 5.69 Å². The van der Waals surface area contributed by atoms with Crippen molar-refractivity contribution in [2.45, 2.75) is 38.8 Å². The lowest BCUT2D eigenvalue weighted by Gasteiger charge is -2.23. The Morgan fingerprint density at radius 1 is 1.04 bits per heavy atom. The van der Waals surface area contributed by atoms with Crippen LogP contribution in [0.3, 0.4) is 0 Å². The fraction of sp³-hybridized carbons (Fsp3) is 0.350. The first-order chi connectivity index (χ1) is 11.1. The molecule has 120 valence electrons. The van der Waals surface area contributed by atoms with Crippen molar-refractivity contribution in [2.75, 3.05) is 5.32 Å². The van der Waals surface area contributed by atoms with Gasteiger partial charge in [0, 0.05) is 11.7 Å². The zero-order chi connectivity index (χ0) is 16.2. The standard InChI is InChI=1S/C20H24N2O/c1-14-8-10-16(11-9-14)19(17-12-13-17)21-15(2)20(23)22-18-6-4-3-5-7-18/h3-11,15,17,19,21H,12-13H2,1-2H3,(H,22,23)/t15-,19+/m1/s1. The Labute approximate surface area is 138 Å². The van der Waals surface area contributed by atoms with Crippen molar-refractivity contribution in [1.29, 1.82) is 0 Å². The van der Waals surface area contributed by atoms with Crippen molar-refractivity contribution < 1.29 is 4.79 Å². The van der Waals surface area contributed by atoms with Gasteiger partial charge in [0.25, 0.3) is 0 Å². The minimum atomic E-state index is -0.234. The van der Waals surface area contributed by atoms with Crippen LogP contribution in [0.25, 0.3) is 0 Å². The second-order valence-electron chi connectivity index (χ2n) is 6.47. The molecule has 0 radical (unpaired) electrons. The molecule has 3 heteroatoms. The van der Waals surface area contributed by atoms with Crippen LogP contribution in [0.4, 0.5) is 5.69 Å². The Kier molecular flexibility index (Phi) is 4.77. The molecule has 3 nitrogen and oxygen atoms in total. The Hall–Kier alpha value is -2.13. The van der Waals surface area contributed by atoms with E-state index in [9.17, 15) is 4.79 Å². The molecule has 2 aromatic carbocycles. The van der Waals surface area contributed by atoms with Crippen LogP contribution in [0.2, 0.25) is 0 Å². The third-order valence-corrected chi connectivity index (χ3v) is 4.39. The molecule has 0 spiro atoms. The fourth-order valence-corrected chi connectivity index (χ4v) is 2.82. The van der Waals surface area contributed by atoms with Crippen LogP contribution >= 0.6 is 0 Å². The number of benzene rings is 2. The lowest BCUT2D eigenvalue weighted by Crippen LogP contribution is -2.40. The first-order valence-corrected chi connectivity index (χ1v) is 8.32. The third kappa shape index (κ3) is 4.20. The summed E-state index contributed by atoms with van der Waals surface area (Å²) >= 11 is 0. The molecule has 2 aromatic rings. The zero-order valence-electron chi connectivity index (χ0n) is 13.8. The normalized spacial score (nSPS) is 16.6. The SMILES string of the molecule is Cc1ccc([C@H](N[C@H](C)C(=O)Nc2ccccc2)C2CC2)cc1. The predicted molar refractivity (Wildman–Crippen MR) is 94.3 cm³/mol. The second kappa shape index (κ2) is 6.97. The molecule has 0 aromatic heterocycles. The van der Waals surface area contributed by atoms with Gasteiger partial charge in [-0.3, -0.25) is 10.1 Å². The molecule has 3 rings (SSSR count). The van der Waals surface area contributed by atoms with Crippen molar-refractivity contribution in [3.63, 3.8) is 0 Å². The molecule has 23 heavy (non-hydrogen) atoms. The third-order valence-electron chi connectivity index (χ3n) is 4.39. The van der Waals surface area contributed by atoms with Crippen molar-refractivity contribution in [2.24, 2.45) is 5.92 Å². The van der Waals surface area contributed by atoms with Crippen LogP contribution in [0.5, 0.6) is 0 Å². The quantitative estimate of drug-likeness (QED) is 0.845. The Morgan fingerprint density at radius 3 is 2.30 bits per heavy atom. The topological polar surface area (TPSA) is 41.1 Å². The molecule has 0 saturated heterocycles. The smallest absolute Gasteiger partial charge is 0.241 e. The molecule has 1 fully saturated rings. The summed E-state index contributed by atoms with van der Waals surface area (Å²) in [6, 6.07) is 18.3. The molecular formula is C20H24N2O. The molecule has 2 atom stereocenters. The summed E-state index contributed by atoms with van der Waals surface area (Å²) in [6.07, 6.45) is 2.47. The van der Waals surface area contributed by atoms with Gasteiger partial charge in [0.2, 0.25) is 5.91 Å². The van der Waals surface area contributed by atoms with Crippen LogP contribution in [0.15, 0.2) is 54.6 Å². The predicted octanol–water partition coefficient (Wildman–Crippen LogP) is 4.06. The highest BCUT2D eigenvalue weighted by Gasteiger charge is 2.33. The first-order valence-electron chi connectivity index (χ1n) is 8.32. The molecule has 1 amide bonds. The summed E-state index contributed by atoms with van der Waals surface area (Å²) in [5.74, 6) is 0.652. The maximum Gasteiger partial charge on any atom is 0.241 e. The van der Waals surface area contributed by atoms with E-state index in [2.05, 4.69) is 41.8 Å². The summed E-state index contributed by atoms with van der Waals surface area (Å²) in [6.45, 7) is 4.03. The van der Waals surface area contributed by atoms with E-state index in [1.807, 2.05) is 37.3 Å². The molecule has 2 N–H and O–H groups in total. The lowest BCUT2D eigenvalue weighted by molar-refractivity contribution is -0.118. The number of hydrogen-bond donors (Lipinski definition) is 2. The number of rotatable bonds is 6. The van der Waals surface area contributed by atoms with E-state index in [-0.39, 0.29) is 18.0 Å². The molecule has 0 bridgehead atoms. The molecular weight excluding hydrogens is 284 g/mol. The number of amides is 1. The van der Waals surface area contributed by atoms with Gasteiger partial charge >= 0.3 is 0 Å². The van der Waals surface area contributed by atoms with Gasteiger partial charge in [-0.05, 0) is 50.3 Å². The maximum atomic E-state index is 12.4. The van der Waals surface area contributed by atoms with Gasteiger partial charge in [-0.2, -0.15) is 0 Å². The number of hydrogen-bond acceptors (Lipinski definition) is 2. The molecule has 1 saturated carbocycles. The van der Waals surface area contributed by atoms with Crippen LogP contribution in [-0.2, 0) is 4.79 Å². The van der Waals surface area contributed by atoms with Crippen LogP contribution in [0, 0.1) is 12.8 Å². The van der Waals surface area contributed by atoms with E-state index in [1.54, 1.807) is 0 Å². The van der Waals surface area contributed by atoms with Crippen molar-refractivity contribution >= 4 is 11.6 Å². The highest BCUT2D eigenvalue weighted by atomic mass is 16.2. The van der Waals surface area contributed by atoms with Gasteiger partial charge in [0.05, 0.1) is 6.04 Å². The van der Waals surface area contributed by atoms with Crippen molar-refractivity contribution in [3.8, 4) is 0 Å². The minimum Gasteiger partial charge on any atom is -0.325 e. The van der Waals surface area contributed by atoms with Crippen LogP contribution < -0.4 is 10.6 Å². The monoisotopic (exact) mass is 308 g/mol. The number of nitrogens with one attached hydrogen (secondary N) is 2. The summed E-state index contributed by atoms with van der Waals surface area (Å²) < 4.78 is 0.